The van der Waals surface area contributed by atoms with Crippen LogP contribution < -0.4 is 14.4 Å². The molecule has 2 aromatic rings. The van der Waals surface area contributed by atoms with Gasteiger partial charge in [0.15, 0.2) is 5.13 Å². The summed E-state index contributed by atoms with van der Waals surface area (Å²) in [4.78, 5) is 18.7. The molecule has 1 fully saturated rings. The van der Waals surface area contributed by atoms with Crippen LogP contribution in [0.15, 0.2) is 24.3 Å². The van der Waals surface area contributed by atoms with E-state index in [9.17, 15) is 35.3 Å². The van der Waals surface area contributed by atoms with Crippen LogP contribution in [0.25, 0.3) is 0 Å². The van der Waals surface area contributed by atoms with Crippen molar-refractivity contribution in [2.45, 2.75) is 63.9 Å². The molecule has 1 aliphatic rings. The molecule has 1 saturated carbocycles. The first-order chi connectivity index (χ1) is 16.8. The third-order valence-electron chi connectivity index (χ3n) is 5.73. The summed E-state index contributed by atoms with van der Waals surface area (Å²) < 4.78 is 91.7. The highest BCUT2D eigenvalue weighted by molar-refractivity contribution is 7.84. The average molecular weight is 558 g/mol. The van der Waals surface area contributed by atoms with Gasteiger partial charge in [0.05, 0.1) is 0 Å². The molecule has 6 nitrogen and oxygen atoms in total. The second-order valence-electron chi connectivity index (χ2n) is 8.45. The Balaban J connectivity index is 1.78. The lowest BCUT2D eigenvalue weighted by Gasteiger charge is -2.27. The third kappa shape index (κ3) is 8.36. The molecule has 36 heavy (non-hydrogen) atoms. The molecule has 1 aliphatic carbocycles. The van der Waals surface area contributed by atoms with Crippen molar-refractivity contribution in [2.24, 2.45) is 5.92 Å². The predicted octanol–water partition coefficient (Wildman–Crippen LogP) is 6.24. The Morgan fingerprint density at radius 2 is 1.78 bits per heavy atom. The van der Waals surface area contributed by atoms with Crippen molar-refractivity contribution < 1.29 is 40.1 Å². The van der Waals surface area contributed by atoms with E-state index in [1.54, 1.807) is 0 Å². The van der Waals surface area contributed by atoms with Gasteiger partial charge in [-0.05, 0) is 37.0 Å². The van der Waals surface area contributed by atoms with Crippen LogP contribution in [0.4, 0.5) is 31.5 Å². The van der Waals surface area contributed by atoms with Gasteiger partial charge in [-0.1, -0.05) is 44.2 Å². The Labute approximate surface area is 210 Å². The van der Waals surface area contributed by atoms with E-state index >= 15 is 0 Å². The van der Waals surface area contributed by atoms with Gasteiger partial charge >= 0.3 is 11.9 Å². The molecule has 0 radical (unpaired) electrons. The molecule has 14 heteroatoms. The normalized spacial score (nSPS) is 16.0. The maximum Gasteiger partial charge on any atom is 0.573 e. The number of nitrogens with one attached hydrogen (secondary N) is 1. The molecule has 0 spiro atoms. The minimum atomic E-state index is -5.10. The smallest absolute Gasteiger partial charge is 0.406 e. The van der Waals surface area contributed by atoms with Crippen molar-refractivity contribution in [3.05, 3.63) is 40.4 Å². The van der Waals surface area contributed by atoms with Gasteiger partial charge in [0.1, 0.15) is 11.4 Å². The zero-order valence-corrected chi connectivity index (χ0v) is 20.9. The van der Waals surface area contributed by atoms with Gasteiger partial charge in [0.2, 0.25) is 11.0 Å². The molecule has 1 atom stereocenters. The summed E-state index contributed by atoms with van der Waals surface area (Å²) >= 11 is 1.10. The Kier molecular flexibility index (Phi) is 9.25. The number of hydrogen-bond acceptors (Lipinski definition) is 6. The summed E-state index contributed by atoms with van der Waals surface area (Å²) in [6.45, 7) is 2.31. The number of rotatable bonds is 9. The number of halogens is 6. The molecule has 0 bridgehead atoms. The number of ether oxygens (including phenoxy) is 1. The van der Waals surface area contributed by atoms with E-state index in [-0.39, 0.29) is 18.0 Å². The Hall–Kier alpha value is -2.35. The molecular formula is C22H25F6N3O3S2. The SMILES string of the molecule is Cc1sc(N(CCC2CCCCC2)Cc2ccc(OC(F)(F)F)cc2)nc1C(=O)NS(=O)C(F)(F)F. The van der Waals surface area contributed by atoms with Crippen LogP contribution in [0.1, 0.15) is 59.5 Å². The van der Waals surface area contributed by atoms with Gasteiger partial charge in [0.25, 0.3) is 5.91 Å². The predicted molar refractivity (Wildman–Crippen MR) is 124 cm³/mol. The minimum Gasteiger partial charge on any atom is -0.406 e. The summed E-state index contributed by atoms with van der Waals surface area (Å²) in [6, 6.07) is 5.35. The van der Waals surface area contributed by atoms with E-state index in [1.807, 2.05) is 4.90 Å². The van der Waals surface area contributed by atoms with Crippen molar-refractivity contribution in [2.75, 3.05) is 11.4 Å². The molecule has 1 amide bonds. The van der Waals surface area contributed by atoms with E-state index in [1.165, 1.54) is 42.3 Å². The number of anilines is 1. The fourth-order valence-corrected chi connectivity index (χ4v) is 5.30. The highest BCUT2D eigenvalue weighted by Crippen LogP contribution is 2.31. The number of hydrogen-bond donors (Lipinski definition) is 1. The summed E-state index contributed by atoms with van der Waals surface area (Å²) in [5.74, 6) is -1.06. The second kappa shape index (κ2) is 11.8. The van der Waals surface area contributed by atoms with Crippen LogP contribution in [0.5, 0.6) is 5.75 Å². The first-order valence-electron chi connectivity index (χ1n) is 11.2. The molecule has 1 N–H and O–H groups in total. The average Bonchev–Trinajstić information content (AvgIpc) is 3.18. The molecule has 1 aromatic carbocycles. The summed E-state index contributed by atoms with van der Waals surface area (Å²) in [5, 5.41) is 0.377. The number of alkyl halides is 6. The maximum absolute atomic E-state index is 12.6. The summed E-state index contributed by atoms with van der Waals surface area (Å²) in [5.41, 5.74) is -4.70. The van der Waals surface area contributed by atoms with E-state index in [0.717, 1.165) is 43.4 Å². The number of aryl methyl sites for hydroxylation is 1. The Morgan fingerprint density at radius 1 is 1.14 bits per heavy atom. The highest BCUT2D eigenvalue weighted by Gasteiger charge is 2.39. The number of amides is 1. The fraction of sp³-hybridized carbons (Fsp3) is 0.545. The lowest BCUT2D eigenvalue weighted by atomic mass is 9.87. The van der Waals surface area contributed by atoms with Crippen LogP contribution >= 0.6 is 11.3 Å². The van der Waals surface area contributed by atoms with Crippen molar-refractivity contribution in [3.63, 3.8) is 0 Å². The lowest BCUT2D eigenvalue weighted by molar-refractivity contribution is -0.274. The van der Waals surface area contributed by atoms with Gasteiger partial charge in [0, 0.05) is 18.0 Å². The minimum absolute atomic E-state index is 0.251. The topological polar surface area (TPSA) is 71.5 Å². The van der Waals surface area contributed by atoms with Crippen LogP contribution in [0.3, 0.4) is 0 Å². The monoisotopic (exact) mass is 557 g/mol. The number of carbonyl (C=O) groups is 1. The lowest BCUT2D eigenvalue weighted by Crippen LogP contribution is -2.35. The van der Waals surface area contributed by atoms with Gasteiger partial charge in [-0.3, -0.25) is 9.52 Å². The van der Waals surface area contributed by atoms with E-state index in [0.29, 0.717) is 28.0 Å². The van der Waals surface area contributed by atoms with Crippen molar-refractivity contribution in [3.8, 4) is 5.75 Å². The number of carbonyl (C=O) groups excluding carboxylic acids is 1. The molecule has 0 saturated heterocycles. The number of nitrogens with zero attached hydrogens (tertiary/aromatic N) is 2. The summed E-state index contributed by atoms with van der Waals surface area (Å²) in [7, 11) is -3.57. The maximum atomic E-state index is 12.6. The number of benzene rings is 1. The molecule has 200 valence electrons. The van der Waals surface area contributed by atoms with Gasteiger partial charge in [-0.25, -0.2) is 9.19 Å². The molecule has 1 aromatic heterocycles. The summed E-state index contributed by atoms with van der Waals surface area (Å²) in [6.07, 6.45) is 1.67. The Morgan fingerprint density at radius 3 is 2.36 bits per heavy atom. The van der Waals surface area contributed by atoms with Gasteiger partial charge in [-0.15, -0.1) is 24.5 Å². The van der Waals surface area contributed by atoms with Crippen molar-refractivity contribution in [1.29, 1.82) is 0 Å². The van der Waals surface area contributed by atoms with E-state index in [2.05, 4.69) is 9.72 Å². The van der Waals surface area contributed by atoms with Crippen molar-refractivity contribution >= 4 is 33.4 Å². The van der Waals surface area contributed by atoms with E-state index in [4.69, 9.17) is 0 Å². The molecule has 0 aliphatic heterocycles. The standard InChI is InChI=1S/C22H25F6N3O3S2/c1-14-18(19(32)30-36(33)22(26,27)28)29-20(35-14)31(12-11-15-5-3-2-4-6-15)13-16-7-9-17(10-8-16)34-21(23,24)25/h7-10,15H,2-6,11-13H2,1H3,(H,30,32). The number of aromatic nitrogens is 1. The Bertz CT molecular complexity index is 1050. The second-order valence-corrected chi connectivity index (χ2v) is 10.8. The van der Waals surface area contributed by atoms with Gasteiger partial charge < -0.3 is 9.64 Å². The highest BCUT2D eigenvalue weighted by atomic mass is 32.2. The third-order valence-corrected chi connectivity index (χ3v) is 7.55. The van der Waals surface area contributed by atoms with Crippen LogP contribution in [0, 0.1) is 12.8 Å². The molecule has 1 heterocycles. The molecule has 1 unspecified atom stereocenters. The fourth-order valence-electron chi connectivity index (χ4n) is 3.99. The first kappa shape index (κ1) is 28.2. The zero-order valence-electron chi connectivity index (χ0n) is 19.2. The first-order valence-corrected chi connectivity index (χ1v) is 13.1. The number of thiazole rings is 1. The quantitative estimate of drug-likeness (QED) is 0.370. The zero-order chi connectivity index (χ0) is 26.5. The van der Waals surface area contributed by atoms with Crippen LogP contribution in [-0.4, -0.2) is 33.5 Å². The van der Waals surface area contributed by atoms with Gasteiger partial charge in [-0.2, -0.15) is 13.2 Å². The van der Waals surface area contributed by atoms with Crippen molar-refractivity contribution in [1.82, 2.24) is 9.71 Å². The largest absolute Gasteiger partial charge is 0.573 e. The van der Waals surface area contributed by atoms with E-state index < -0.39 is 28.8 Å². The van der Waals surface area contributed by atoms with Crippen LogP contribution in [0.2, 0.25) is 0 Å². The molecular weight excluding hydrogens is 532 g/mol. The van der Waals surface area contributed by atoms with Crippen LogP contribution in [-0.2, 0) is 17.5 Å². The molecule has 3 rings (SSSR count).